The van der Waals surface area contributed by atoms with Crippen molar-refractivity contribution in [1.29, 1.82) is 0 Å². The minimum Gasteiger partial charge on any atom is -0.384 e. The molecule has 0 saturated heterocycles. The zero-order valence-corrected chi connectivity index (χ0v) is 13.1. The Morgan fingerprint density at radius 1 is 1.32 bits per heavy atom. The Labute approximate surface area is 125 Å². The van der Waals surface area contributed by atoms with Crippen LogP contribution in [0.15, 0.2) is 18.2 Å². The largest absolute Gasteiger partial charge is 0.416 e. The second-order valence-corrected chi connectivity index (χ2v) is 6.34. The Morgan fingerprint density at radius 2 is 1.89 bits per heavy atom. The molecule has 0 aromatic heterocycles. The fourth-order valence-corrected chi connectivity index (χ4v) is 2.81. The molecule has 2 atom stereocenters. The zero-order valence-electron chi connectivity index (χ0n) is 9.94. The molecule has 0 spiro atoms. The van der Waals surface area contributed by atoms with E-state index in [4.69, 9.17) is 0 Å². The van der Waals surface area contributed by atoms with Gasteiger partial charge in [-0.2, -0.15) is 13.2 Å². The second-order valence-electron chi connectivity index (χ2n) is 4.17. The highest BCUT2D eigenvalue weighted by Gasteiger charge is 2.38. The van der Waals surface area contributed by atoms with Crippen molar-refractivity contribution >= 4 is 31.9 Å². The SMILES string of the molecule is CC(Br)C(O)(CCBr)c1ccc(C(F)(F)F)cc1F. The van der Waals surface area contributed by atoms with Crippen LogP contribution >= 0.6 is 31.9 Å². The quantitative estimate of drug-likeness (QED) is 0.571. The van der Waals surface area contributed by atoms with Crippen LogP contribution < -0.4 is 0 Å². The van der Waals surface area contributed by atoms with E-state index in [1.807, 2.05) is 0 Å². The molecule has 1 nitrogen and oxygen atoms in total. The number of alkyl halides is 5. The molecule has 0 aliphatic heterocycles. The molecule has 7 heteroatoms. The van der Waals surface area contributed by atoms with E-state index in [1.54, 1.807) is 6.92 Å². The van der Waals surface area contributed by atoms with Crippen LogP contribution in [0.5, 0.6) is 0 Å². The van der Waals surface area contributed by atoms with E-state index in [2.05, 4.69) is 31.9 Å². The first-order valence-corrected chi connectivity index (χ1v) is 7.46. The van der Waals surface area contributed by atoms with Crippen LogP contribution in [0.2, 0.25) is 0 Å². The molecule has 0 saturated carbocycles. The predicted octanol–water partition coefficient (Wildman–Crippen LogP) is 4.60. The lowest BCUT2D eigenvalue weighted by molar-refractivity contribution is -0.137. The van der Waals surface area contributed by atoms with Crippen molar-refractivity contribution < 1.29 is 22.7 Å². The standard InChI is InChI=1S/C12H12Br2F4O/c1-7(14)11(19,4-5-13)9-3-2-8(6-10(9)15)12(16,17)18/h2-3,6-7,19H,4-5H2,1H3. The van der Waals surface area contributed by atoms with Gasteiger partial charge < -0.3 is 5.11 Å². The van der Waals surface area contributed by atoms with E-state index in [1.165, 1.54) is 0 Å². The Morgan fingerprint density at radius 3 is 2.26 bits per heavy atom. The predicted molar refractivity (Wildman–Crippen MR) is 72.1 cm³/mol. The molecule has 0 amide bonds. The molecule has 1 aromatic rings. The van der Waals surface area contributed by atoms with E-state index in [0.717, 1.165) is 12.1 Å². The summed E-state index contributed by atoms with van der Waals surface area (Å²) in [6.45, 7) is 1.61. The molecule has 1 aromatic carbocycles. The highest BCUT2D eigenvalue weighted by Crippen LogP contribution is 2.37. The minimum absolute atomic E-state index is 0.149. The van der Waals surface area contributed by atoms with Gasteiger partial charge in [-0.05, 0) is 25.5 Å². The van der Waals surface area contributed by atoms with E-state index < -0.39 is 28.0 Å². The molecule has 0 fully saturated rings. The highest BCUT2D eigenvalue weighted by atomic mass is 79.9. The van der Waals surface area contributed by atoms with Gasteiger partial charge in [0.2, 0.25) is 0 Å². The number of benzene rings is 1. The monoisotopic (exact) mass is 406 g/mol. The van der Waals surface area contributed by atoms with Crippen LogP contribution in [0.4, 0.5) is 17.6 Å². The lowest BCUT2D eigenvalue weighted by Crippen LogP contribution is -2.35. The molecule has 0 bridgehead atoms. The van der Waals surface area contributed by atoms with Crippen molar-refractivity contribution in [3.8, 4) is 0 Å². The maximum Gasteiger partial charge on any atom is 0.416 e. The lowest BCUT2D eigenvalue weighted by atomic mass is 9.87. The van der Waals surface area contributed by atoms with Gasteiger partial charge in [0.15, 0.2) is 0 Å². The first kappa shape index (κ1) is 16.9. The maximum atomic E-state index is 13.9. The van der Waals surface area contributed by atoms with Gasteiger partial charge in [-0.25, -0.2) is 4.39 Å². The van der Waals surface area contributed by atoms with Gasteiger partial charge in [-0.1, -0.05) is 37.9 Å². The van der Waals surface area contributed by atoms with Crippen molar-refractivity contribution in [1.82, 2.24) is 0 Å². The number of hydrogen-bond donors (Lipinski definition) is 1. The summed E-state index contributed by atoms with van der Waals surface area (Å²) in [6, 6.07) is 2.16. The van der Waals surface area contributed by atoms with Gasteiger partial charge in [0.1, 0.15) is 11.4 Å². The summed E-state index contributed by atoms with van der Waals surface area (Å²) in [6.07, 6.45) is -4.44. The van der Waals surface area contributed by atoms with Gasteiger partial charge in [0, 0.05) is 15.7 Å². The third-order valence-corrected chi connectivity index (χ3v) is 4.05. The maximum absolute atomic E-state index is 13.9. The number of halogens is 6. The number of hydrogen-bond acceptors (Lipinski definition) is 1. The van der Waals surface area contributed by atoms with Gasteiger partial charge >= 0.3 is 6.18 Å². The van der Waals surface area contributed by atoms with Crippen molar-refractivity contribution in [2.24, 2.45) is 0 Å². The average molecular weight is 408 g/mol. The molecule has 0 heterocycles. The Balaban J connectivity index is 3.28. The van der Waals surface area contributed by atoms with E-state index >= 15 is 0 Å². The summed E-state index contributed by atoms with van der Waals surface area (Å²) in [4.78, 5) is -0.510. The first-order valence-electron chi connectivity index (χ1n) is 5.42. The molecule has 0 aliphatic carbocycles. The van der Waals surface area contributed by atoms with Crippen LogP contribution in [-0.4, -0.2) is 15.3 Å². The van der Waals surface area contributed by atoms with Gasteiger partial charge in [0.25, 0.3) is 0 Å². The lowest BCUT2D eigenvalue weighted by Gasteiger charge is -2.31. The summed E-state index contributed by atoms with van der Waals surface area (Å²) in [5.41, 5.74) is -2.79. The van der Waals surface area contributed by atoms with Gasteiger partial charge in [-0.3, -0.25) is 0 Å². The Hall–Kier alpha value is -0.140. The van der Waals surface area contributed by atoms with Crippen molar-refractivity contribution in [2.45, 2.75) is 29.9 Å². The smallest absolute Gasteiger partial charge is 0.384 e. The van der Waals surface area contributed by atoms with Crippen molar-refractivity contribution in [3.05, 3.63) is 35.1 Å². The van der Waals surface area contributed by atoms with Crippen molar-refractivity contribution in [3.63, 3.8) is 0 Å². The fraction of sp³-hybridized carbons (Fsp3) is 0.500. The molecule has 2 unspecified atom stereocenters. The summed E-state index contributed by atoms with van der Waals surface area (Å²) < 4.78 is 51.2. The third kappa shape index (κ3) is 3.70. The van der Waals surface area contributed by atoms with Crippen LogP contribution in [-0.2, 0) is 11.8 Å². The molecule has 0 aliphatic rings. The van der Waals surface area contributed by atoms with Crippen LogP contribution in [0.3, 0.4) is 0 Å². The number of rotatable bonds is 4. The molecule has 0 radical (unpaired) electrons. The van der Waals surface area contributed by atoms with E-state index in [0.29, 0.717) is 11.4 Å². The molecule has 108 valence electrons. The van der Waals surface area contributed by atoms with Crippen LogP contribution in [0.1, 0.15) is 24.5 Å². The van der Waals surface area contributed by atoms with Crippen molar-refractivity contribution in [2.75, 3.05) is 5.33 Å². The molecule has 19 heavy (non-hydrogen) atoms. The summed E-state index contributed by atoms with van der Waals surface area (Å²) in [5, 5.41) is 10.8. The molecular formula is C12H12Br2F4O. The average Bonchev–Trinajstić information content (AvgIpc) is 2.27. The normalized spacial score (nSPS) is 17.1. The topological polar surface area (TPSA) is 20.2 Å². The summed E-state index contributed by atoms with van der Waals surface area (Å²) in [5.74, 6) is -1.07. The first-order chi connectivity index (χ1) is 8.63. The van der Waals surface area contributed by atoms with Gasteiger partial charge in [-0.15, -0.1) is 0 Å². The van der Waals surface area contributed by atoms with E-state index in [-0.39, 0.29) is 12.0 Å². The minimum atomic E-state index is -4.60. The van der Waals surface area contributed by atoms with Gasteiger partial charge in [0.05, 0.1) is 5.56 Å². The summed E-state index contributed by atoms with van der Waals surface area (Å²) >= 11 is 6.31. The molecule has 1 N–H and O–H groups in total. The Bertz CT molecular complexity index is 448. The Kier molecular flexibility index (Phi) is 5.43. The van der Waals surface area contributed by atoms with Crippen LogP contribution in [0, 0.1) is 5.82 Å². The zero-order chi connectivity index (χ0) is 14.8. The highest BCUT2D eigenvalue weighted by molar-refractivity contribution is 9.09. The molecule has 1 rings (SSSR count). The third-order valence-electron chi connectivity index (χ3n) is 2.90. The number of aliphatic hydroxyl groups is 1. The van der Waals surface area contributed by atoms with Crippen LogP contribution in [0.25, 0.3) is 0 Å². The molecular weight excluding hydrogens is 396 g/mol. The fourth-order valence-electron chi connectivity index (χ4n) is 1.73. The summed E-state index contributed by atoms with van der Waals surface area (Å²) in [7, 11) is 0. The second kappa shape index (κ2) is 6.10. The van der Waals surface area contributed by atoms with E-state index in [9.17, 15) is 22.7 Å².